The molecular weight excluding hydrogens is 244 g/mol. The maximum Gasteiger partial charge on any atom is 0.308 e. The molecule has 0 spiro atoms. The molecule has 1 N–H and O–H groups in total. The molecule has 0 radical (unpaired) electrons. The highest BCUT2D eigenvalue weighted by Crippen LogP contribution is 2.39. The van der Waals surface area contributed by atoms with Crippen molar-refractivity contribution in [1.82, 2.24) is 9.78 Å². The summed E-state index contributed by atoms with van der Waals surface area (Å²) < 4.78 is 6.77. The van der Waals surface area contributed by atoms with Gasteiger partial charge in [-0.25, -0.2) is 0 Å². The number of aromatic nitrogens is 2. The van der Waals surface area contributed by atoms with Gasteiger partial charge in [-0.1, -0.05) is 0 Å². The monoisotopic (exact) mass is 264 g/mol. The van der Waals surface area contributed by atoms with Crippen LogP contribution in [0.3, 0.4) is 0 Å². The summed E-state index contributed by atoms with van der Waals surface area (Å²) in [4.78, 5) is 11.4. The number of hydrogen-bond acceptors (Lipinski definition) is 4. The van der Waals surface area contributed by atoms with Crippen molar-refractivity contribution in [2.45, 2.75) is 38.1 Å². The van der Waals surface area contributed by atoms with Gasteiger partial charge in [-0.05, 0) is 43.6 Å². The molecule has 2 aliphatic rings. The van der Waals surface area contributed by atoms with Crippen LogP contribution in [0.2, 0.25) is 0 Å². The van der Waals surface area contributed by atoms with Gasteiger partial charge in [0.2, 0.25) is 0 Å². The largest absolute Gasteiger partial charge is 0.469 e. The minimum atomic E-state index is -0.103. The van der Waals surface area contributed by atoms with Gasteiger partial charge in [0.05, 0.1) is 24.8 Å². The molecule has 1 aromatic heterocycles. The molecular formula is C14H20N2O3. The van der Waals surface area contributed by atoms with Gasteiger partial charge in [-0.15, -0.1) is 0 Å². The molecule has 0 aromatic carbocycles. The second kappa shape index (κ2) is 4.96. The highest BCUT2D eigenvalue weighted by Gasteiger charge is 2.37. The second-order valence-corrected chi connectivity index (χ2v) is 5.72. The Balaban J connectivity index is 1.65. The molecule has 1 heterocycles. The van der Waals surface area contributed by atoms with E-state index in [4.69, 9.17) is 4.74 Å². The number of rotatable bonds is 3. The van der Waals surface area contributed by atoms with Gasteiger partial charge >= 0.3 is 5.97 Å². The van der Waals surface area contributed by atoms with E-state index in [1.807, 2.05) is 4.68 Å². The molecule has 1 unspecified atom stereocenters. The lowest BCUT2D eigenvalue weighted by atomic mass is 9.80. The number of methoxy groups -OCH3 is 1. The van der Waals surface area contributed by atoms with E-state index in [9.17, 15) is 9.90 Å². The Morgan fingerprint density at radius 2 is 2.37 bits per heavy atom. The first kappa shape index (κ1) is 12.7. The number of ether oxygens (including phenoxy) is 1. The van der Waals surface area contributed by atoms with Crippen LogP contribution in [0.25, 0.3) is 0 Å². The summed E-state index contributed by atoms with van der Waals surface area (Å²) in [6.45, 7) is 0.262. The number of carbonyl (C=O) groups excluding carboxylic acids is 1. The first-order chi connectivity index (χ1) is 9.21. The number of nitrogens with zero attached hydrogens (tertiary/aromatic N) is 2. The van der Waals surface area contributed by atoms with Crippen molar-refractivity contribution in [1.29, 1.82) is 0 Å². The molecule has 0 aliphatic heterocycles. The molecule has 2 aliphatic carbocycles. The van der Waals surface area contributed by atoms with Crippen LogP contribution in [0.1, 0.15) is 36.6 Å². The molecule has 5 heteroatoms. The zero-order valence-electron chi connectivity index (χ0n) is 11.2. The average Bonchev–Trinajstić information content (AvgIpc) is 2.78. The summed E-state index contributed by atoms with van der Waals surface area (Å²) in [6.07, 6.45) is 6.68. The molecule has 104 valence electrons. The lowest BCUT2D eigenvalue weighted by molar-refractivity contribution is -0.149. The molecule has 5 nitrogen and oxygen atoms in total. The highest BCUT2D eigenvalue weighted by molar-refractivity contribution is 5.73. The minimum Gasteiger partial charge on any atom is -0.469 e. The average molecular weight is 264 g/mol. The third kappa shape index (κ3) is 2.27. The number of esters is 1. The number of aliphatic hydroxyl groups is 1. The number of hydrogen-bond donors (Lipinski definition) is 1. The summed E-state index contributed by atoms with van der Waals surface area (Å²) in [7, 11) is 1.44. The first-order valence-corrected chi connectivity index (χ1v) is 6.96. The Hall–Kier alpha value is -1.36. The lowest BCUT2D eigenvalue weighted by Gasteiger charge is -2.33. The number of fused-ring (bicyclic) bond motifs is 1. The van der Waals surface area contributed by atoms with Crippen molar-refractivity contribution in [3.8, 4) is 0 Å². The Bertz CT molecular complexity index is 477. The molecule has 0 amide bonds. The van der Waals surface area contributed by atoms with Crippen molar-refractivity contribution in [3.63, 3.8) is 0 Å². The summed E-state index contributed by atoms with van der Waals surface area (Å²) in [5.41, 5.74) is 2.44. The quantitative estimate of drug-likeness (QED) is 0.830. The fourth-order valence-corrected chi connectivity index (χ4v) is 3.11. The summed E-state index contributed by atoms with van der Waals surface area (Å²) in [5, 5.41) is 13.9. The minimum absolute atomic E-state index is 0.0430. The van der Waals surface area contributed by atoms with Gasteiger partial charge in [-0.2, -0.15) is 5.10 Å². The van der Waals surface area contributed by atoms with Crippen LogP contribution in [-0.2, 0) is 22.4 Å². The van der Waals surface area contributed by atoms with Gasteiger partial charge in [0, 0.05) is 12.8 Å². The zero-order chi connectivity index (χ0) is 13.4. The topological polar surface area (TPSA) is 64.4 Å². The van der Waals surface area contributed by atoms with Crippen LogP contribution in [0.15, 0.2) is 6.20 Å². The fourth-order valence-electron chi connectivity index (χ4n) is 3.11. The molecule has 0 saturated heterocycles. The molecule has 3 rings (SSSR count). The van der Waals surface area contributed by atoms with Crippen LogP contribution in [-0.4, -0.2) is 34.6 Å². The van der Waals surface area contributed by atoms with Gasteiger partial charge in [0.1, 0.15) is 0 Å². The van der Waals surface area contributed by atoms with E-state index in [0.717, 1.165) is 32.1 Å². The Labute approximate surface area is 112 Å². The third-order valence-electron chi connectivity index (χ3n) is 4.47. The molecule has 0 bridgehead atoms. The second-order valence-electron chi connectivity index (χ2n) is 5.72. The Morgan fingerprint density at radius 3 is 3.05 bits per heavy atom. The van der Waals surface area contributed by atoms with Crippen LogP contribution >= 0.6 is 0 Å². The highest BCUT2D eigenvalue weighted by atomic mass is 16.5. The molecule has 1 fully saturated rings. The van der Waals surface area contributed by atoms with E-state index in [1.165, 1.54) is 18.4 Å². The smallest absolute Gasteiger partial charge is 0.308 e. The summed E-state index contributed by atoms with van der Waals surface area (Å²) in [5.74, 6) is 0.323. The number of carbonyl (C=O) groups is 1. The van der Waals surface area contributed by atoms with Crippen LogP contribution in [0, 0.1) is 11.8 Å². The fraction of sp³-hybridized carbons (Fsp3) is 0.714. The number of aryl methyl sites for hydroxylation is 1. The van der Waals surface area contributed by atoms with E-state index in [2.05, 4.69) is 11.3 Å². The maximum atomic E-state index is 11.4. The van der Waals surface area contributed by atoms with E-state index in [1.54, 1.807) is 0 Å². The van der Waals surface area contributed by atoms with Gasteiger partial charge in [0.15, 0.2) is 0 Å². The van der Waals surface area contributed by atoms with E-state index in [-0.39, 0.29) is 18.5 Å². The van der Waals surface area contributed by atoms with Crippen molar-refractivity contribution in [3.05, 3.63) is 17.5 Å². The predicted octanol–water partition coefficient (Wildman–Crippen LogP) is 1.10. The Morgan fingerprint density at radius 1 is 1.58 bits per heavy atom. The maximum absolute atomic E-state index is 11.4. The standard InChI is InChI=1S/C14H20N2O3/c1-19-14(18)10-5-12(6-10)16-7-11-4-9(8-17)2-3-13(11)15-16/h7,9-10,12,17H,2-6,8H2,1H3/t9?,10-,12+. The van der Waals surface area contributed by atoms with Crippen molar-refractivity contribution < 1.29 is 14.6 Å². The van der Waals surface area contributed by atoms with Crippen LogP contribution < -0.4 is 0 Å². The van der Waals surface area contributed by atoms with Crippen molar-refractivity contribution in [2.75, 3.05) is 13.7 Å². The van der Waals surface area contributed by atoms with E-state index < -0.39 is 0 Å². The van der Waals surface area contributed by atoms with Gasteiger partial charge in [-0.3, -0.25) is 9.48 Å². The summed E-state index contributed by atoms with van der Waals surface area (Å²) >= 11 is 0. The van der Waals surface area contributed by atoms with Crippen molar-refractivity contribution >= 4 is 5.97 Å². The Kier molecular flexibility index (Phi) is 3.31. The summed E-state index contributed by atoms with van der Waals surface area (Å²) in [6, 6.07) is 0.335. The predicted molar refractivity (Wildman–Crippen MR) is 68.6 cm³/mol. The normalized spacial score (nSPS) is 29.5. The van der Waals surface area contributed by atoms with Crippen LogP contribution in [0.4, 0.5) is 0 Å². The van der Waals surface area contributed by atoms with Crippen LogP contribution in [0.5, 0.6) is 0 Å². The zero-order valence-corrected chi connectivity index (χ0v) is 11.2. The lowest BCUT2D eigenvalue weighted by Crippen LogP contribution is -2.33. The van der Waals surface area contributed by atoms with E-state index >= 15 is 0 Å². The third-order valence-corrected chi connectivity index (χ3v) is 4.47. The molecule has 1 aromatic rings. The molecule has 1 saturated carbocycles. The SMILES string of the molecule is COC(=O)[C@H]1C[C@@H](n2cc3c(n2)CCC(CO)C3)C1. The van der Waals surface area contributed by atoms with Gasteiger partial charge < -0.3 is 9.84 Å². The van der Waals surface area contributed by atoms with E-state index in [0.29, 0.717) is 12.0 Å². The number of aliphatic hydroxyl groups excluding tert-OH is 1. The van der Waals surface area contributed by atoms with Gasteiger partial charge in [0.25, 0.3) is 0 Å². The molecule has 19 heavy (non-hydrogen) atoms. The van der Waals surface area contributed by atoms with Crippen molar-refractivity contribution in [2.24, 2.45) is 11.8 Å². The first-order valence-electron chi connectivity index (χ1n) is 6.96. The molecule has 1 atom stereocenters.